The fraction of sp³-hybridized carbons (Fsp3) is 0.412. The zero-order valence-corrected chi connectivity index (χ0v) is 15.1. The molecule has 1 aromatic carbocycles. The molecule has 1 aliphatic heterocycles. The third kappa shape index (κ3) is 3.78. The van der Waals surface area contributed by atoms with Gasteiger partial charge in [0.2, 0.25) is 5.91 Å². The predicted molar refractivity (Wildman–Crippen MR) is 91.9 cm³/mol. The molecule has 1 N–H and O–H groups in total. The first kappa shape index (κ1) is 20.0. The van der Waals surface area contributed by atoms with Crippen molar-refractivity contribution < 1.29 is 28.8 Å². The second-order valence-corrected chi connectivity index (χ2v) is 6.11. The maximum absolute atomic E-state index is 12.5. The zero-order chi connectivity index (χ0) is 20.3. The number of esters is 1. The standard InChI is InChI=1S/C17H19N3O7/c1-4-9(2)14(17(24)27-3)18-12(21)8-19-15(22)10-6-5-7-11(20(25)26)13(10)16(19)23/h5-7,9,14H,4,8H2,1-3H3,(H,18,21)/t9-,14-/m0/s1. The van der Waals surface area contributed by atoms with Crippen molar-refractivity contribution >= 4 is 29.4 Å². The molecular formula is C17H19N3O7. The zero-order valence-electron chi connectivity index (χ0n) is 15.1. The highest BCUT2D eigenvalue weighted by Gasteiger charge is 2.42. The molecule has 2 atom stereocenters. The van der Waals surface area contributed by atoms with Crippen LogP contribution in [0.3, 0.4) is 0 Å². The quantitative estimate of drug-likeness (QED) is 0.322. The normalized spacial score (nSPS) is 15.1. The van der Waals surface area contributed by atoms with E-state index in [-0.39, 0.29) is 17.0 Å². The molecule has 0 aromatic heterocycles. The van der Waals surface area contributed by atoms with E-state index in [1.165, 1.54) is 19.2 Å². The highest BCUT2D eigenvalue weighted by molar-refractivity contribution is 6.24. The maximum Gasteiger partial charge on any atom is 0.328 e. The minimum Gasteiger partial charge on any atom is -0.467 e. The molecule has 0 spiro atoms. The highest BCUT2D eigenvalue weighted by Crippen LogP contribution is 2.30. The molecule has 0 aliphatic carbocycles. The van der Waals surface area contributed by atoms with Crippen LogP contribution in [-0.4, -0.2) is 53.2 Å². The molecule has 0 unspecified atom stereocenters. The summed E-state index contributed by atoms with van der Waals surface area (Å²) in [5, 5.41) is 13.6. The van der Waals surface area contributed by atoms with E-state index < -0.39 is 46.9 Å². The van der Waals surface area contributed by atoms with Gasteiger partial charge in [0.05, 0.1) is 17.6 Å². The first-order valence-electron chi connectivity index (χ1n) is 8.23. The summed E-state index contributed by atoms with van der Waals surface area (Å²) in [5.41, 5.74) is -0.971. The van der Waals surface area contributed by atoms with E-state index in [1.54, 1.807) is 6.92 Å². The average Bonchev–Trinajstić information content (AvgIpc) is 2.89. The van der Waals surface area contributed by atoms with Gasteiger partial charge < -0.3 is 10.1 Å². The molecule has 1 aromatic rings. The van der Waals surface area contributed by atoms with E-state index in [4.69, 9.17) is 0 Å². The number of nitrogens with one attached hydrogen (secondary N) is 1. The van der Waals surface area contributed by atoms with Crippen molar-refractivity contribution in [2.75, 3.05) is 13.7 Å². The van der Waals surface area contributed by atoms with Crippen LogP contribution in [0.2, 0.25) is 0 Å². The second-order valence-electron chi connectivity index (χ2n) is 6.11. The Balaban J connectivity index is 2.20. The molecule has 10 heteroatoms. The number of benzene rings is 1. The predicted octanol–water partition coefficient (Wildman–Crippen LogP) is 0.895. The van der Waals surface area contributed by atoms with Gasteiger partial charge in [0.25, 0.3) is 17.5 Å². The highest BCUT2D eigenvalue weighted by atomic mass is 16.6. The van der Waals surface area contributed by atoms with Gasteiger partial charge in [0.1, 0.15) is 18.2 Å². The van der Waals surface area contributed by atoms with Gasteiger partial charge in [-0.1, -0.05) is 26.3 Å². The van der Waals surface area contributed by atoms with E-state index in [0.717, 1.165) is 6.07 Å². The number of hydrogen-bond acceptors (Lipinski definition) is 7. The van der Waals surface area contributed by atoms with E-state index in [0.29, 0.717) is 11.3 Å². The number of methoxy groups -OCH3 is 1. The molecule has 10 nitrogen and oxygen atoms in total. The van der Waals surface area contributed by atoms with Crippen molar-refractivity contribution in [3.05, 3.63) is 39.4 Å². The maximum atomic E-state index is 12.5. The lowest BCUT2D eigenvalue weighted by Crippen LogP contribution is -2.49. The number of carbonyl (C=O) groups excluding carboxylic acids is 4. The van der Waals surface area contributed by atoms with Crippen molar-refractivity contribution in [3.63, 3.8) is 0 Å². The molecule has 1 heterocycles. The molecular weight excluding hydrogens is 358 g/mol. The molecule has 0 radical (unpaired) electrons. The van der Waals surface area contributed by atoms with Gasteiger partial charge >= 0.3 is 5.97 Å². The fourth-order valence-corrected chi connectivity index (χ4v) is 2.77. The van der Waals surface area contributed by atoms with Crippen LogP contribution in [0.25, 0.3) is 0 Å². The Morgan fingerprint density at radius 1 is 1.30 bits per heavy atom. The van der Waals surface area contributed by atoms with E-state index in [1.807, 2.05) is 6.92 Å². The Bertz CT molecular complexity index is 821. The van der Waals surface area contributed by atoms with Crippen molar-refractivity contribution in [1.82, 2.24) is 10.2 Å². The number of fused-ring (bicyclic) bond motifs is 1. The average molecular weight is 377 g/mol. The van der Waals surface area contributed by atoms with Gasteiger partial charge in [-0.05, 0) is 12.0 Å². The van der Waals surface area contributed by atoms with Crippen LogP contribution in [0.5, 0.6) is 0 Å². The van der Waals surface area contributed by atoms with E-state index in [9.17, 15) is 29.3 Å². The van der Waals surface area contributed by atoms with Gasteiger partial charge in [0.15, 0.2) is 0 Å². The third-order valence-corrected chi connectivity index (χ3v) is 4.46. The fourth-order valence-electron chi connectivity index (χ4n) is 2.77. The lowest BCUT2D eigenvalue weighted by molar-refractivity contribution is -0.385. The van der Waals surface area contributed by atoms with Crippen molar-refractivity contribution in [1.29, 1.82) is 0 Å². The van der Waals surface area contributed by atoms with E-state index in [2.05, 4.69) is 10.1 Å². The topological polar surface area (TPSA) is 136 Å². The second kappa shape index (κ2) is 7.94. The number of carbonyl (C=O) groups is 4. The lowest BCUT2D eigenvalue weighted by atomic mass is 9.99. The van der Waals surface area contributed by atoms with Crippen LogP contribution in [0, 0.1) is 16.0 Å². The molecule has 0 fully saturated rings. The summed E-state index contributed by atoms with van der Waals surface area (Å²) < 4.78 is 4.67. The Morgan fingerprint density at radius 2 is 1.96 bits per heavy atom. The van der Waals surface area contributed by atoms with Crippen LogP contribution in [0.1, 0.15) is 41.0 Å². The smallest absolute Gasteiger partial charge is 0.328 e. The van der Waals surface area contributed by atoms with Gasteiger partial charge in [0, 0.05) is 6.07 Å². The molecule has 0 saturated heterocycles. The van der Waals surface area contributed by atoms with Crippen LogP contribution < -0.4 is 5.32 Å². The monoisotopic (exact) mass is 377 g/mol. The summed E-state index contributed by atoms with van der Waals surface area (Å²) in [4.78, 5) is 60.0. The van der Waals surface area contributed by atoms with Crippen LogP contribution >= 0.6 is 0 Å². The number of nitro groups is 1. The largest absolute Gasteiger partial charge is 0.467 e. The first-order valence-corrected chi connectivity index (χ1v) is 8.23. The minimum absolute atomic E-state index is 0.131. The van der Waals surface area contributed by atoms with Crippen LogP contribution in [0.15, 0.2) is 18.2 Å². The van der Waals surface area contributed by atoms with Crippen LogP contribution in [0.4, 0.5) is 5.69 Å². The number of nitro benzene ring substituents is 1. The molecule has 144 valence electrons. The van der Waals surface area contributed by atoms with Gasteiger partial charge in [-0.15, -0.1) is 0 Å². The number of nitrogens with zero attached hydrogens (tertiary/aromatic N) is 2. The van der Waals surface area contributed by atoms with Crippen LogP contribution in [-0.2, 0) is 14.3 Å². The Labute approximate surface area is 154 Å². The molecule has 27 heavy (non-hydrogen) atoms. The number of ether oxygens (including phenoxy) is 1. The molecule has 0 saturated carbocycles. The molecule has 3 amide bonds. The summed E-state index contributed by atoms with van der Waals surface area (Å²) in [5.74, 6) is -3.34. The summed E-state index contributed by atoms with van der Waals surface area (Å²) >= 11 is 0. The van der Waals surface area contributed by atoms with Gasteiger partial charge in [-0.2, -0.15) is 0 Å². The number of hydrogen-bond donors (Lipinski definition) is 1. The summed E-state index contributed by atoms with van der Waals surface area (Å²) in [7, 11) is 1.19. The first-order chi connectivity index (χ1) is 12.7. The third-order valence-electron chi connectivity index (χ3n) is 4.46. The summed E-state index contributed by atoms with van der Waals surface area (Å²) in [6.45, 7) is 2.91. The number of rotatable bonds is 7. The van der Waals surface area contributed by atoms with Gasteiger partial charge in [-0.3, -0.25) is 29.4 Å². The SMILES string of the molecule is CC[C@H](C)[C@H](NC(=O)CN1C(=O)c2cccc([N+](=O)[O-])c2C1=O)C(=O)OC. The molecule has 1 aliphatic rings. The molecule has 2 rings (SSSR count). The summed E-state index contributed by atoms with van der Waals surface area (Å²) in [6.07, 6.45) is 0.583. The van der Waals surface area contributed by atoms with Crippen molar-refractivity contribution in [3.8, 4) is 0 Å². The van der Waals surface area contributed by atoms with Crippen molar-refractivity contribution in [2.45, 2.75) is 26.3 Å². The molecule has 0 bridgehead atoms. The van der Waals surface area contributed by atoms with Gasteiger partial charge in [-0.25, -0.2) is 4.79 Å². The Morgan fingerprint density at radius 3 is 2.52 bits per heavy atom. The Kier molecular flexibility index (Phi) is 5.88. The van der Waals surface area contributed by atoms with Crippen molar-refractivity contribution in [2.24, 2.45) is 5.92 Å². The number of amides is 3. The summed E-state index contributed by atoms with van der Waals surface area (Å²) in [6, 6.07) is 2.76. The lowest BCUT2D eigenvalue weighted by Gasteiger charge is -2.23. The Hall–Kier alpha value is -3.30. The minimum atomic E-state index is -0.933. The number of imide groups is 1. The van der Waals surface area contributed by atoms with E-state index >= 15 is 0 Å².